The van der Waals surface area contributed by atoms with Crippen molar-refractivity contribution >= 4 is 23.2 Å². The minimum Gasteiger partial charge on any atom is -0.335 e. The molecular weight excluding hydrogens is 343 g/mol. The van der Waals surface area contributed by atoms with Crippen molar-refractivity contribution < 1.29 is 9.18 Å². The van der Waals surface area contributed by atoms with E-state index in [0.717, 1.165) is 38.3 Å². The van der Waals surface area contributed by atoms with Gasteiger partial charge in [0.15, 0.2) is 0 Å². The highest BCUT2D eigenvalue weighted by molar-refractivity contribution is 6.30. The van der Waals surface area contributed by atoms with Crippen LogP contribution in [-0.4, -0.2) is 40.0 Å². The van der Waals surface area contributed by atoms with Crippen LogP contribution in [0.3, 0.4) is 0 Å². The molecule has 1 amide bonds. The summed E-state index contributed by atoms with van der Waals surface area (Å²) in [4.78, 5) is 18.8. The number of imidazole rings is 1. The van der Waals surface area contributed by atoms with Crippen LogP contribution in [0.25, 0.3) is 0 Å². The lowest BCUT2D eigenvalue weighted by atomic mass is 9.97. The van der Waals surface area contributed by atoms with Crippen molar-refractivity contribution in [1.29, 1.82) is 0 Å². The summed E-state index contributed by atoms with van der Waals surface area (Å²) in [6.07, 6.45) is 5.91. The molecule has 0 saturated carbocycles. The number of carbonyl (C=O) groups is 1. The lowest BCUT2D eigenvalue weighted by Gasteiger charge is -2.32. The van der Waals surface area contributed by atoms with E-state index in [4.69, 9.17) is 11.6 Å². The van der Waals surface area contributed by atoms with Gasteiger partial charge >= 0.3 is 0 Å². The van der Waals surface area contributed by atoms with Crippen molar-refractivity contribution in [3.8, 4) is 0 Å². The number of hydrogen-bond acceptors (Lipinski definition) is 3. The fraction of sp³-hybridized carbons (Fsp3) is 0.444. The largest absolute Gasteiger partial charge is 0.335 e. The number of nitrogens with one attached hydrogen (secondary N) is 1. The molecule has 2 aromatic rings. The zero-order valence-corrected chi connectivity index (χ0v) is 15.0. The van der Waals surface area contributed by atoms with E-state index >= 15 is 0 Å². The molecule has 1 aromatic carbocycles. The van der Waals surface area contributed by atoms with Crippen LogP contribution in [0.2, 0.25) is 5.02 Å². The van der Waals surface area contributed by atoms with Crippen molar-refractivity contribution in [3.63, 3.8) is 0 Å². The third-order valence-corrected chi connectivity index (χ3v) is 4.77. The molecule has 3 rings (SSSR count). The lowest BCUT2D eigenvalue weighted by Crippen LogP contribution is -2.40. The summed E-state index contributed by atoms with van der Waals surface area (Å²) in [5.41, 5.74) is 0.157. The monoisotopic (exact) mass is 364 g/mol. The van der Waals surface area contributed by atoms with Crippen molar-refractivity contribution in [3.05, 3.63) is 47.3 Å². The Morgan fingerprint density at radius 3 is 3.08 bits per heavy atom. The number of hydrogen-bond donors (Lipinski definition) is 1. The van der Waals surface area contributed by atoms with Crippen LogP contribution in [0.5, 0.6) is 0 Å². The number of aryl methyl sites for hydroxylation is 1. The molecule has 1 saturated heterocycles. The zero-order valence-electron chi connectivity index (χ0n) is 14.2. The summed E-state index contributed by atoms with van der Waals surface area (Å²) < 4.78 is 15.9. The number of carbonyl (C=O) groups excluding carboxylic acids is 1. The van der Waals surface area contributed by atoms with E-state index in [1.54, 1.807) is 6.07 Å². The van der Waals surface area contributed by atoms with Crippen LogP contribution < -0.4 is 5.32 Å². The van der Waals surface area contributed by atoms with Gasteiger partial charge in [0.2, 0.25) is 5.91 Å². The first-order valence-electron chi connectivity index (χ1n) is 8.55. The number of amides is 1. The van der Waals surface area contributed by atoms with E-state index in [2.05, 4.69) is 26.7 Å². The fourth-order valence-corrected chi connectivity index (χ4v) is 3.50. The maximum Gasteiger partial charge on any atom is 0.238 e. The quantitative estimate of drug-likeness (QED) is 0.883. The Kier molecular flexibility index (Phi) is 5.71. The van der Waals surface area contributed by atoms with Crippen molar-refractivity contribution in [2.75, 3.05) is 25.0 Å². The average Bonchev–Trinajstić information content (AvgIpc) is 3.06. The van der Waals surface area contributed by atoms with Crippen LogP contribution in [0.1, 0.15) is 31.5 Å². The van der Waals surface area contributed by atoms with Gasteiger partial charge in [0, 0.05) is 36.4 Å². The summed E-state index contributed by atoms with van der Waals surface area (Å²) in [5, 5.41) is 2.93. The SMILES string of the molecule is CCn1ccnc1[C@@H]1CCCN(CC(=O)Nc2ccc(Cl)cc2F)C1. The smallest absolute Gasteiger partial charge is 0.238 e. The van der Waals surface area contributed by atoms with E-state index < -0.39 is 5.82 Å². The van der Waals surface area contributed by atoms with Crippen LogP contribution >= 0.6 is 11.6 Å². The molecule has 1 aliphatic heterocycles. The van der Waals surface area contributed by atoms with Crippen molar-refractivity contribution in [1.82, 2.24) is 14.5 Å². The molecule has 7 heteroatoms. The van der Waals surface area contributed by atoms with Gasteiger partial charge < -0.3 is 9.88 Å². The number of likely N-dealkylation sites (tertiary alicyclic amines) is 1. The molecule has 0 radical (unpaired) electrons. The van der Waals surface area contributed by atoms with E-state index in [1.165, 1.54) is 12.1 Å². The highest BCUT2D eigenvalue weighted by Gasteiger charge is 2.25. The van der Waals surface area contributed by atoms with Gasteiger partial charge in [0.1, 0.15) is 11.6 Å². The molecule has 0 bridgehead atoms. The topological polar surface area (TPSA) is 50.2 Å². The second kappa shape index (κ2) is 7.97. The Morgan fingerprint density at radius 1 is 1.48 bits per heavy atom. The first-order chi connectivity index (χ1) is 12.1. The van der Waals surface area contributed by atoms with Gasteiger partial charge in [-0.3, -0.25) is 9.69 Å². The lowest BCUT2D eigenvalue weighted by molar-refractivity contribution is -0.117. The minimum absolute atomic E-state index is 0.157. The molecule has 1 aromatic heterocycles. The van der Waals surface area contributed by atoms with E-state index in [0.29, 0.717) is 10.9 Å². The van der Waals surface area contributed by atoms with Gasteiger partial charge in [-0.25, -0.2) is 9.37 Å². The minimum atomic E-state index is -0.526. The molecule has 1 aliphatic rings. The van der Waals surface area contributed by atoms with Gasteiger partial charge in [-0.15, -0.1) is 0 Å². The molecular formula is C18H22ClFN4O. The summed E-state index contributed by atoms with van der Waals surface area (Å²) >= 11 is 5.73. The molecule has 0 aliphatic carbocycles. The third-order valence-electron chi connectivity index (χ3n) is 4.53. The molecule has 0 unspecified atom stereocenters. The highest BCUT2D eigenvalue weighted by atomic mass is 35.5. The Balaban J connectivity index is 1.59. The van der Waals surface area contributed by atoms with Crippen LogP contribution in [0.15, 0.2) is 30.6 Å². The highest BCUT2D eigenvalue weighted by Crippen LogP contribution is 2.26. The van der Waals surface area contributed by atoms with Crippen LogP contribution in [0, 0.1) is 5.82 Å². The predicted molar refractivity (Wildman–Crippen MR) is 96.4 cm³/mol. The van der Waals surface area contributed by atoms with Crippen molar-refractivity contribution in [2.45, 2.75) is 32.2 Å². The normalized spacial score (nSPS) is 18.3. The molecule has 0 spiro atoms. The molecule has 1 atom stereocenters. The fourth-order valence-electron chi connectivity index (χ4n) is 3.34. The first-order valence-corrected chi connectivity index (χ1v) is 8.93. The predicted octanol–water partition coefficient (Wildman–Crippen LogP) is 3.51. The Morgan fingerprint density at radius 2 is 2.32 bits per heavy atom. The maximum absolute atomic E-state index is 13.8. The van der Waals surface area contributed by atoms with Crippen LogP contribution in [0.4, 0.5) is 10.1 Å². The number of anilines is 1. The van der Waals surface area contributed by atoms with E-state index in [-0.39, 0.29) is 18.1 Å². The number of benzene rings is 1. The van der Waals surface area contributed by atoms with Crippen LogP contribution in [-0.2, 0) is 11.3 Å². The molecule has 5 nitrogen and oxygen atoms in total. The standard InChI is InChI=1S/C18H22ClFN4O/c1-2-24-9-7-21-18(24)13-4-3-8-23(11-13)12-17(25)22-16-6-5-14(19)10-15(16)20/h5-7,9-10,13H,2-4,8,11-12H2,1H3,(H,22,25)/t13-/m1/s1. The summed E-state index contributed by atoms with van der Waals surface area (Å²) in [6, 6.07) is 4.23. The molecule has 2 heterocycles. The molecule has 134 valence electrons. The molecule has 1 fully saturated rings. The van der Waals surface area contributed by atoms with Gasteiger partial charge in [-0.1, -0.05) is 11.6 Å². The number of aromatic nitrogens is 2. The number of rotatable bonds is 5. The number of piperidine rings is 1. The summed E-state index contributed by atoms with van der Waals surface area (Å²) in [7, 11) is 0. The van der Waals surface area contributed by atoms with Gasteiger partial charge in [-0.2, -0.15) is 0 Å². The zero-order chi connectivity index (χ0) is 17.8. The van der Waals surface area contributed by atoms with Crippen molar-refractivity contribution in [2.24, 2.45) is 0 Å². The molecule has 25 heavy (non-hydrogen) atoms. The summed E-state index contributed by atoms with van der Waals surface area (Å²) in [5.74, 6) is 0.656. The first kappa shape index (κ1) is 17.9. The number of nitrogens with zero attached hydrogens (tertiary/aromatic N) is 3. The van der Waals surface area contributed by atoms with Gasteiger partial charge in [-0.05, 0) is 44.5 Å². The second-order valence-corrected chi connectivity index (χ2v) is 6.75. The Bertz CT molecular complexity index is 748. The van der Waals surface area contributed by atoms with E-state index in [1.807, 2.05) is 12.4 Å². The third kappa shape index (κ3) is 4.38. The second-order valence-electron chi connectivity index (χ2n) is 6.32. The number of halogens is 2. The molecule has 1 N–H and O–H groups in total. The Hall–Kier alpha value is -1.92. The van der Waals surface area contributed by atoms with Gasteiger partial charge in [0.25, 0.3) is 0 Å². The van der Waals surface area contributed by atoms with E-state index in [9.17, 15) is 9.18 Å². The van der Waals surface area contributed by atoms with Gasteiger partial charge in [0.05, 0.1) is 12.2 Å². The summed E-state index contributed by atoms with van der Waals surface area (Å²) in [6.45, 7) is 4.88. The Labute approximate surface area is 151 Å². The maximum atomic E-state index is 13.8. The average molecular weight is 365 g/mol.